The highest BCUT2D eigenvalue weighted by molar-refractivity contribution is 5.83. The van der Waals surface area contributed by atoms with E-state index in [4.69, 9.17) is 0 Å². The Morgan fingerprint density at radius 1 is 1.21 bits per heavy atom. The van der Waals surface area contributed by atoms with Gasteiger partial charge < -0.3 is 15.0 Å². The lowest BCUT2D eigenvalue weighted by Gasteiger charge is -2.47. The molecule has 1 N–H and O–H groups in total. The van der Waals surface area contributed by atoms with Crippen LogP contribution in [-0.4, -0.2) is 41.7 Å². The number of amides is 2. The van der Waals surface area contributed by atoms with Crippen molar-refractivity contribution < 1.29 is 27.5 Å². The monoisotopic (exact) mass is 410 g/mol. The first kappa shape index (κ1) is 20.0. The summed E-state index contributed by atoms with van der Waals surface area (Å²) in [5.41, 5.74) is 0.324. The van der Waals surface area contributed by atoms with Gasteiger partial charge in [-0.1, -0.05) is 19.1 Å². The Morgan fingerprint density at radius 3 is 2.48 bits per heavy atom. The molecule has 2 amide bonds. The average Bonchev–Trinajstić information content (AvgIpc) is 3.02. The number of likely N-dealkylation sites (tertiary alicyclic amines) is 1. The fourth-order valence-electron chi connectivity index (χ4n) is 4.97. The molecule has 3 aliphatic rings. The summed E-state index contributed by atoms with van der Waals surface area (Å²) in [5, 5.41) is 3.01. The maximum atomic E-state index is 12.8. The van der Waals surface area contributed by atoms with Crippen molar-refractivity contribution in [3.63, 3.8) is 0 Å². The molecule has 3 fully saturated rings. The van der Waals surface area contributed by atoms with Gasteiger partial charge in [-0.3, -0.25) is 9.59 Å². The molecular formula is C21H25F3N2O3. The highest BCUT2D eigenvalue weighted by Gasteiger charge is 2.52. The Balaban J connectivity index is 1.35. The van der Waals surface area contributed by atoms with Gasteiger partial charge in [0.2, 0.25) is 11.8 Å². The van der Waals surface area contributed by atoms with Crippen LogP contribution in [-0.2, 0) is 15.0 Å². The summed E-state index contributed by atoms with van der Waals surface area (Å²) < 4.78 is 41.6. The molecule has 1 aromatic carbocycles. The number of hydrogen-bond donors (Lipinski definition) is 1. The fraction of sp³-hybridized carbons (Fsp3) is 0.619. The van der Waals surface area contributed by atoms with Crippen molar-refractivity contribution in [1.82, 2.24) is 10.2 Å². The second-order valence-electron chi connectivity index (χ2n) is 8.90. The first-order chi connectivity index (χ1) is 13.6. The van der Waals surface area contributed by atoms with E-state index < -0.39 is 6.36 Å². The number of nitrogens with one attached hydrogen (secondary N) is 1. The normalized spacial score (nSPS) is 28.8. The van der Waals surface area contributed by atoms with Gasteiger partial charge in [-0.25, -0.2) is 0 Å². The second kappa shape index (κ2) is 6.92. The van der Waals surface area contributed by atoms with E-state index in [0.717, 1.165) is 12.0 Å². The number of piperidine rings is 1. The molecule has 1 saturated carbocycles. The minimum absolute atomic E-state index is 0.0405. The zero-order valence-corrected chi connectivity index (χ0v) is 16.3. The third-order valence-electron chi connectivity index (χ3n) is 6.80. The highest BCUT2D eigenvalue weighted by Crippen LogP contribution is 2.45. The second-order valence-corrected chi connectivity index (χ2v) is 8.90. The van der Waals surface area contributed by atoms with Gasteiger partial charge in [0.25, 0.3) is 0 Å². The Hall–Kier alpha value is -2.25. The summed E-state index contributed by atoms with van der Waals surface area (Å²) in [4.78, 5) is 26.2. The van der Waals surface area contributed by atoms with Crippen LogP contribution in [0.5, 0.6) is 5.75 Å². The fourth-order valence-corrected chi connectivity index (χ4v) is 4.97. The van der Waals surface area contributed by atoms with Crippen molar-refractivity contribution in [2.75, 3.05) is 13.1 Å². The van der Waals surface area contributed by atoms with Gasteiger partial charge in [-0.05, 0) is 55.2 Å². The van der Waals surface area contributed by atoms with Crippen LogP contribution in [0.3, 0.4) is 0 Å². The number of ether oxygens (including phenoxy) is 1. The molecule has 1 aromatic rings. The SMILES string of the molecule is CC1(c2cccc(OC(F)(F)F)c2)CCN(C(=O)C2CC3(CCC(=O)N3)C2)CC1. The first-order valence-corrected chi connectivity index (χ1v) is 10.0. The number of carbonyl (C=O) groups excluding carboxylic acids is 2. The van der Waals surface area contributed by atoms with Crippen LogP contribution in [0.4, 0.5) is 13.2 Å². The largest absolute Gasteiger partial charge is 0.573 e. The summed E-state index contributed by atoms with van der Waals surface area (Å²) >= 11 is 0. The number of halogens is 3. The van der Waals surface area contributed by atoms with Gasteiger partial charge >= 0.3 is 6.36 Å². The van der Waals surface area contributed by atoms with Crippen LogP contribution in [0.1, 0.15) is 51.0 Å². The molecule has 5 nitrogen and oxygen atoms in total. The number of nitrogens with zero attached hydrogens (tertiary/aromatic N) is 1. The molecule has 1 spiro atoms. The average molecular weight is 410 g/mol. The van der Waals surface area contributed by atoms with Gasteiger partial charge in [-0.2, -0.15) is 0 Å². The summed E-state index contributed by atoms with van der Waals surface area (Å²) in [5.74, 6) is -0.0521. The Morgan fingerprint density at radius 2 is 1.90 bits per heavy atom. The number of hydrogen-bond acceptors (Lipinski definition) is 3. The molecule has 2 aliphatic heterocycles. The summed E-state index contributed by atoms with van der Waals surface area (Å²) in [6, 6.07) is 6.14. The van der Waals surface area contributed by atoms with Crippen molar-refractivity contribution in [1.29, 1.82) is 0 Å². The van der Waals surface area contributed by atoms with Gasteiger partial charge in [0.05, 0.1) is 0 Å². The third-order valence-corrected chi connectivity index (χ3v) is 6.80. The van der Waals surface area contributed by atoms with Crippen molar-refractivity contribution in [2.24, 2.45) is 5.92 Å². The van der Waals surface area contributed by atoms with Crippen molar-refractivity contribution in [2.45, 2.75) is 62.8 Å². The predicted octanol–water partition coefficient (Wildman–Crippen LogP) is 3.52. The summed E-state index contributed by atoms with van der Waals surface area (Å²) in [6.45, 7) is 3.18. The van der Waals surface area contributed by atoms with E-state index in [1.807, 2.05) is 17.9 Å². The topological polar surface area (TPSA) is 58.6 Å². The lowest BCUT2D eigenvalue weighted by molar-refractivity contribution is -0.274. The molecule has 8 heteroatoms. The first-order valence-electron chi connectivity index (χ1n) is 10.0. The number of rotatable bonds is 3. The molecule has 1 aliphatic carbocycles. The maximum Gasteiger partial charge on any atom is 0.573 e. The third kappa shape index (κ3) is 4.07. The van der Waals surface area contributed by atoms with Crippen LogP contribution in [0, 0.1) is 5.92 Å². The van der Waals surface area contributed by atoms with Crippen LogP contribution in [0.2, 0.25) is 0 Å². The molecule has 29 heavy (non-hydrogen) atoms. The molecule has 4 rings (SSSR count). The molecule has 0 unspecified atom stereocenters. The smallest absolute Gasteiger partial charge is 0.406 e. The lowest BCUT2D eigenvalue weighted by Crippen LogP contribution is -2.57. The zero-order chi connectivity index (χ0) is 20.9. The lowest BCUT2D eigenvalue weighted by atomic mass is 9.66. The number of benzene rings is 1. The van der Waals surface area contributed by atoms with Gasteiger partial charge in [0, 0.05) is 31.0 Å². The molecule has 2 heterocycles. The Kier molecular flexibility index (Phi) is 4.78. The standard InChI is InChI=1S/C21H25F3N2O3/c1-19(15-3-2-4-16(11-15)29-21(22,23)24)7-9-26(10-8-19)18(28)14-12-20(13-14)6-5-17(27)25-20/h2-4,11,14H,5-10,12-13H2,1H3,(H,25,27). The van der Waals surface area contributed by atoms with Crippen molar-refractivity contribution >= 4 is 11.8 Å². The van der Waals surface area contributed by atoms with E-state index in [2.05, 4.69) is 10.1 Å². The molecule has 0 aromatic heterocycles. The summed E-state index contributed by atoms with van der Waals surface area (Å²) in [6.07, 6.45) is -0.575. The van der Waals surface area contributed by atoms with E-state index in [0.29, 0.717) is 45.2 Å². The maximum absolute atomic E-state index is 12.8. The quantitative estimate of drug-likeness (QED) is 0.830. The summed E-state index contributed by atoms with van der Waals surface area (Å²) in [7, 11) is 0. The molecule has 158 valence electrons. The molecular weight excluding hydrogens is 385 g/mol. The number of carbonyl (C=O) groups is 2. The van der Waals surface area contributed by atoms with E-state index in [-0.39, 0.29) is 34.4 Å². The van der Waals surface area contributed by atoms with Gasteiger partial charge in [0.1, 0.15) is 5.75 Å². The minimum atomic E-state index is -4.71. The van der Waals surface area contributed by atoms with E-state index in [9.17, 15) is 22.8 Å². The minimum Gasteiger partial charge on any atom is -0.406 e. The van der Waals surface area contributed by atoms with Crippen LogP contribution in [0.15, 0.2) is 24.3 Å². The Bertz CT molecular complexity index is 810. The molecule has 0 bridgehead atoms. The van der Waals surface area contributed by atoms with Crippen LogP contribution < -0.4 is 10.1 Å². The Labute approximate surface area is 167 Å². The molecule has 0 radical (unpaired) electrons. The van der Waals surface area contributed by atoms with Crippen LogP contribution >= 0.6 is 0 Å². The molecule has 2 saturated heterocycles. The van der Waals surface area contributed by atoms with Gasteiger partial charge in [0.15, 0.2) is 0 Å². The highest BCUT2D eigenvalue weighted by atomic mass is 19.4. The van der Waals surface area contributed by atoms with E-state index in [1.54, 1.807) is 6.07 Å². The van der Waals surface area contributed by atoms with Crippen molar-refractivity contribution in [3.8, 4) is 5.75 Å². The van der Waals surface area contributed by atoms with E-state index >= 15 is 0 Å². The number of alkyl halides is 3. The van der Waals surface area contributed by atoms with E-state index in [1.165, 1.54) is 12.1 Å². The van der Waals surface area contributed by atoms with Crippen LogP contribution in [0.25, 0.3) is 0 Å². The zero-order valence-electron chi connectivity index (χ0n) is 16.3. The predicted molar refractivity (Wildman–Crippen MR) is 99.1 cm³/mol. The van der Waals surface area contributed by atoms with Gasteiger partial charge in [-0.15, -0.1) is 13.2 Å². The van der Waals surface area contributed by atoms with Crippen molar-refractivity contribution in [3.05, 3.63) is 29.8 Å². The molecule has 0 atom stereocenters.